The third-order valence-electron chi connectivity index (χ3n) is 3.21. The average molecular weight is 283 g/mol. The van der Waals surface area contributed by atoms with Crippen LogP contribution >= 0.6 is 0 Å². The van der Waals surface area contributed by atoms with Gasteiger partial charge in [-0.25, -0.2) is 0 Å². The van der Waals surface area contributed by atoms with Crippen molar-refractivity contribution < 1.29 is 9.34 Å². The molecule has 3 aromatic rings. The van der Waals surface area contributed by atoms with Gasteiger partial charge in [-0.3, -0.25) is 10.1 Å². The van der Waals surface area contributed by atoms with Gasteiger partial charge in [-0.1, -0.05) is 24.3 Å². The first-order valence-electron chi connectivity index (χ1n) is 6.50. The lowest BCUT2D eigenvalue weighted by atomic mass is 10.1. The third-order valence-corrected chi connectivity index (χ3v) is 3.21. The number of nitro benzene ring substituents is 1. The molecule has 1 atom stereocenters. The van der Waals surface area contributed by atoms with E-state index in [1.165, 1.54) is 6.07 Å². The number of non-ortho nitro benzene ring substituents is 1. The summed E-state index contributed by atoms with van der Waals surface area (Å²) in [7, 11) is 0. The van der Waals surface area contributed by atoms with Gasteiger partial charge in [0.15, 0.2) is 5.58 Å². The lowest BCUT2D eigenvalue weighted by molar-refractivity contribution is -0.384. The minimum absolute atomic E-state index is 0.0683. The fourth-order valence-corrected chi connectivity index (χ4v) is 2.11. The fourth-order valence-electron chi connectivity index (χ4n) is 2.11. The Balaban J connectivity index is 1.83. The Hall–Kier alpha value is -2.89. The first-order chi connectivity index (χ1) is 10.1. The molecular weight excluding hydrogens is 270 g/mol. The summed E-state index contributed by atoms with van der Waals surface area (Å²) in [4.78, 5) is 14.7. The van der Waals surface area contributed by atoms with Gasteiger partial charge in [-0.15, -0.1) is 0 Å². The fraction of sp³-hybridized carbons (Fsp3) is 0.133. The van der Waals surface area contributed by atoms with E-state index in [1.54, 1.807) is 12.1 Å². The first kappa shape index (κ1) is 13.1. The van der Waals surface area contributed by atoms with Gasteiger partial charge in [-0.05, 0) is 24.6 Å². The summed E-state index contributed by atoms with van der Waals surface area (Å²) >= 11 is 0. The maximum absolute atomic E-state index is 10.8. The molecule has 0 amide bonds. The summed E-state index contributed by atoms with van der Waals surface area (Å²) in [6, 6.07) is 14.2. The number of hydrogen-bond donors (Lipinski definition) is 1. The summed E-state index contributed by atoms with van der Waals surface area (Å²) in [5.74, 6) is 0. The number of oxazole rings is 1. The minimum Gasteiger partial charge on any atom is -0.424 e. The van der Waals surface area contributed by atoms with Crippen molar-refractivity contribution >= 4 is 22.8 Å². The van der Waals surface area contributed by atoms with E-state index in [2.05, 4.69) is 10.3 Å². The lowest BCUT2D eigenvalue weighted by Gasteiger charge is -2.11. The molecule has 0 aliphatic heterocycles. The molecule has 0 spiro atoms. The first-order valence-corrected chi connectivity index (χ1v) is 6.50. The Morgan fingerprint density at radius 2 is 2.05 bits per heavy atom. The third kappa shape index (κ3) is 2.69. The zero-order chi connectivity index (χ0) is 14.8. The summed E-state index contributed by atoms with van der Waals surface area (Å²) < 4.78 is 5.58. The molecule has 0 fully saturated rings. The monoisotopic (exact) mass is 283 g/mol. The molecule has 0 aliphatic carbocycles. The summed E-state index contributed by atoms with van der Waals surface area (Å²) in [5.41, 5.74) is 2.34. The second kappa shape index (κ2) is 5.24. The Kier molecular flexibility index (Phi) is 3.27. The molecule has 2 aromatic carbocycles. The van der Waals surface area contributed by atoms with Crippen LogP contribution in [0.15, 0.2) is 52.9 Å². The standard InChI is InChI=1S/C15H13N3O3/c1-10(11-5-4-6-12(9-11)18(19)20)16-15-17-13-7-2-3-8-14(13)21-15/h2-10H,1H3,(H,16,17). The predicted molar refractivity (Wildman–Crippen MR) is 79.1 cm³/mol. The molecule has 21 heavy (non-hydrogen) atoms. The number of fused-ring (bicyclic) bond motifs is 1. The van der Waals surface area contributed by atoms with E-state index in [0.717, 1.165) is 11.1 Å². The highest BCUT2D eigenvalue weighted by Crippen LogP contribution is 2.24. The Morgan fingerprint density at radius 1 is 1.24 bits per heavy atom. The Morgan fingerprint density at radius 3 is 2.81 bits per heavy atom. The van der Waals surface area contributed by atoms with E-state index in [0.29, 0.717) is 11.6 Å². The van der Waals surface area contributed by atoms with Crippen molar-refractivity contribution in [1.29, 1.82) is 0 Å². The highest BCUT2D eigenvalue weighted by molar-refractivity contribution is 5.74. The molecule has 0 aliphatic rings. The quantitative estimate of drug-likeness (QED) is 0.580. The van der Waals surface area contributed by atoms with Gasteiger partial charge in [-0.2, -0.15) is 4.98 Å². The van der Waals surface area contributed by atoms with Gasteiger partial charge in [0.05, 0.1) is 11.0 Å². The smallest absolute Gasteiger partial charge is 0.296 e. The maximum atomic E-state index is 10.8. The van der Waals surface area contributed by atoms with Crippen molar-refractivity contribution in [1.82, 2.24) is 4.98 Å². The van der Waals surface area contributed by atoms with Gasteiger partial charge < -0.3 is 9.73 Å². The topological polar surface area (TPSA) is 81.2 Å². The highest BCUT2D eigenvalue weighted by atomic mass is 16.6. The summed E-state index contributed by atoms with van der Waals surface area (Å²) in [6.45, 7) is 1.90. The number of benzene rings is 2. The molecule has 6 nitrogen and oxygen atoms in total. The Bertz CT molecular complexity index is 764. The minimum atomic E-state index is -0.407. The van der Waals surface area contributed by atoms with Crippen molar-refractivity contribution in [2.45, 2.75) is 13.0 Å². The number of nitrogens with zero attached hydrogens (tertiary/aromatic N) is 2. The number of aromatic nitrogens is 1. The molecule has 0 radical (unpaired) electrons. The van der Waals surface area contributed by atoms with Gasteiger partial charge in [0.25, 0.3) is 11.7 Å². The van der Waals surface area contributed by atoms with Crippen LogP contribution in [0.2, 0.25) is 0 Å². The predicted octanol–water partition coefficient (Wildman–Crippen LogP) is 3.91. The molecule has 0 saturated carbocycles. The maximum Gasteiger partial charge on any atom is 0.296 e. The zero-order valence-electron chi connectivity index (χ0n) is 11.3. The van der Waals surface area contributed by atoms with Crippen molar-refractivity contribution in [3.05, 3.63) is 64.2 Å². The van der Waals surface area contributed by atoms with Gasteiger partial charge in [0, 0.05) is 12.1 Å². The molecule has 106 valence electrons. The average Bonchev–Trinajstić information content (AvgIpc) is 2.89. The van der Waals surface area contributed by atoms with Gasteiger partial charge in [0.1, 0.15) is 5.52 Å². The van der Waals surface area contributed by atoms with Crippen LogP contribution in [0, 0.1) is 10.1 Å². The van der Waals surface area contributed by atoms with Crippen LogP contribution in [0.5, 0.6) is 0 Å². The normalized spacial score (nSPS) is 12.2. The summed E-state index contributed by atoms with van der Waals surface area (Å²) in [5, 5.41) is 13.9. The van der Waals surface area contributed by atoms with E-state index in [4.69, 9.17) is 4.42 Å². The number of nitrogens with one attached hydrogen (secondary N) is 1. The molecule has 1 N–H and O–H groups in total. The largest absolute Gasteiger partial charge is 0.424 e. The zero-order valence-corrected chi connectivity index (χ0v) is 11.3. The van der Waals surface area contributed by atoms with Crippen LogP contribution in [-0.2, 0) is 0 Å². The molecule has 0 bridgehead atoms. The van der Waals surface area contributed by atoms with E-state index < -0.39 is 4.92 Å². The van der Waals surface area contributed by atoms with Gasteiger partial charge in [0.2, 0.25) is 0 Å². The number of anilines is 1. The second-order valence-electron chi connectivity index (χ2n) is 4.70. The molecule has 1 heterocycles. The number of rotatable bonds is 4. The highest BCUT2D eigenvalue weighted by Gasteiger charge is 2.13. The van der Waals surface area contributed by atoms with Crippen molar-refractivity contribution in [3.63, 3.8) is 0 Å². The van der Waals surface area contributed by atoms with Crippen molar-refractivity contribution in [3.8, 4) is 0 Å². The number of para-hydroxylation sites is 2. The molecule has 3 rings (SSSR count). The van der Waals surface area contributed by atoms with E-state index in [-0.39, 0.29) is 11.7 Å². The molecule has 0 saturated heterocycles. The second-order valence-corrected chi connectivity index (χ2v) is 4.70. The summed E-state index contributed by atoms with van der Waals surface area (Å²) in [6.07, 6.45) is 0. The van der Waals surface area contributed by atoms with Crippen LogP contribution < -0.4 is 5.32 Å². The number of nitro groups is 1. The van der Waals surface area contributed by atoms with Crippen LogP contribution in [0.4, 0.5) is 11.7 Å². The number of hydrogen-bond acceptors (Lipinski definition) is 5. The molecule has 1 aromatic heterocycles. The molecule has 6 heteroatoms. The van der Waals surface area contributed by atoms with Crippen LogP contribution in [-0.4, -0.2) is 9.91 Å². The molecular formula is C15H13N3O3. The van der Waals surface area contributed by atoms with Crippen molar-refractivity contribution in [2.24, 2.45) is 0 Å². The Labute approximate surface area is 120 Å². The van der Waals surface area contributed by atoms with E-state index in [1.807, 2.05) is 37.3 Å². The van der Waals surface area contributed by atoms with Crippen LogP contribution in [0.25, 0.3) is 11.1 Å². The van der Waals surface area contributed by atoms with Crippen molar-refractivity contribution in [2.75, 3.05) is 5.32 Å². The van der Waals surface area contributed by atoms with Crippen LogP contribution in [0.1, 0.15) is 18.5 Å². The van der Waals surface area contributed by atoms with Gasteiger partial charge >= 0.3 is 0 Å². The van der Waals surface area contributed by atoms with E-state index in [9.17, 15) is 10.1 Å². The SMILES string of the molecule is CC(Nc1nc2ccccc2o1)c1cccc([N+](=O)[O-])c1. The van der Waals surface area contributed by atoms with E-state index >= 15 is 0 Å². The lowest BCUT2D eigenvalue weighted by Crippen LogP contribution is -2.07. The van der Waals surface area contributed by atoms with Crippen LogP contribution in [0.3, 0.4) is 0 Å². The molecule has 1 unspecified atom stereocenters.